The van der Waals surface area contributed by atoms with E-state index in [1.807, 2.05) is 0 Å². The fraction of sp³-hybridized carbons (Fsp3) is 0. The molecule has 0 aliphatic rings. The Bertz CT molecular complexity index is 1460. The van der Waals surface area contributed by atoms with Crippen LogP contribution in [0.4, 0.5) is 8.78 Å². The van der Waals surface area contributed by atoms with Crippen molar-refractivity contribution in [3.63, 3.8) is 0 Å². The van der Waals surface area contributed by atoms with Gasteiger partial charge in [0.05, 0.1) is 15.9 Å². The maximum Gasteiger partial charge on any atom is 0.261 e. The maximum absolute atomic E-state index is 13.8. The summed E-state index contributed by atoms with van der Waals surface area (Å²) in [6.45, 7) is 0. The van der Waals surface area contributed by atoms with Gasteiger partial charge >= 0.3 is 0 Å². The Hall–Kier alpha value is -3.56. The van der Waals surface area contributed by atoms with E-state index in [2.05, 4.69) is 9.97 Å². The van der Waals surface area contributed by atoms with Crippen LogP contribution in [0.3, 0.4) is 0 Å². The zero-order chi connectivity index (χ0) is 23.0. The minimum absolute atomic E-state index is 0.0718. The molecule has 3 aromatic carbocycles. The molecular formula is C22H13ClF2N2O4S. The summed E-state index contributed by atoms with van der Waals surface area (Å²) in [4.78, 5) is 20.2. The first-order valence-electron chi connectivity index (χ1n) is 9.08. The van der Waals surface area contributed by atoms with Crippen molar-refractivity contribution in [1.82, 2.24) is 9.97 Å². The minimum Gasteiger partial charge on any atom is -0.506 e. The molecule has 0 radical (unpaired) electrons. The van der Waals surface area contributed by atoms with E-state index in [4.69, 9.17) is 10.7 Å². The SMILES string of the molecule is O=C(C(=C(O)c1cc(F)cc(F)c1)c1nc2ccccc2[nH]1)c1cccc(S(=O)(=O)Cl)c1. The van der Waals surface area contributed by atoms with Gasteiger partial charge in [-0.1, -0.05) is 24.3 Å². The van der Waals surface area contributed by atoms with Gasteiger partial charge in [0.25, 0.3) is 9.05 Å². The van der Waals surface area contributed by atoms with Crippen molar-refractivity contribution in [2.45, 2.75) is 4.90 Å². The lowest BCUT2D eigenvalue weighted by Crippen LogP contribution is -2.08. The van der Waals surface area contributed by atoms with Crippen LogP contribution in [-0.4, -0.2) is 29.3 Å². The van der Waals surface area contributed by atoms with Crippen molar-refractivity contribution in [1.29, 1.82) is 0 Å². The van der Waals surface area contributed by atoms with E-state index in [9.17, 15) is 27.1 Å². The Labute approximate surface area is 185 Å². The van der Waals surface area contributed by atoms with E-state index in [1.165, 1.54) is 18.2 Å². The summed E-state index contributed by atoms with van der Waals surface area (Å²) in [7, 11) is 1.24. The molecule has 10 heteroatoms. The van der Waals surface area contributed by atoms with Crippen molar-refractivity contribution in [2.24, 2.45) is 0 Å². The summed E-state index contributed by atoms with van der Waals surface area (Å²) in [6.07, 6.45) is 0. The second-order valence-electron chi connectivity index (χ2n) is 6.78. The van der Waals surface area contributed by atoms with Gasteiger partial charge in [-0.3, -0.25) is 4.79 Å². The number of aromatic amines is 1. The summed E-state index contributed by atoms with van der Waals surface area (Å²) in [6, 6.07) is 14.0. The van der Waals surface area contributed by atoms with Crippen LogP contribution in [-0.2, 0) is 9.05 Å². The summed E-state index contributed by atoms with van der Waals surface area (Å²) >= 11 is 0. The first-order chi connectivity index (χ1) is 15.1. The number of rotatable bonds is 5. The van der Waals surface area contributed by atoms with Crippen molar-refractivity contribution in [3.8, 4) is 0 Å². The third-order valence-electron chi connectivity index (χ3n) is 4.60. The van der Waals surface area contributed by atoms with E-state index >= 15 is 0 Å². The number of hydrogen-bond donors (Lipinski definition) is 2. The van der Waals surface area contributed by atoms with E-state index in [0.717, 1.165) is 18.2 Å². The molecule has 0 spiro atoms. The highest BCUT2D eigenvalue weighted by atomic mass is 35.7. The third-order valence-corrected chi connectivity index (χ3v) is 5.96. The largest absolute Gasteiger partial charge is 0.506 e. The number of imidazole rings is 1. The van der Waals surface area contributed by atoms with Gasteiger partial charge in [-0.15, -0.1) is 0 Å². The first-order valence-corrected chi connectivity index (χ1v) is 11.4. The first kappa shape index (κ1) is 21.7. The van der Waals surface area contributed by atoms with E-state index < -0.39 is 37.8 Å². The minimum atomic E-state index is -4.13. The maximum atomic E-state index is 13.8. The number of allylic oxidation sites excluding steroid dienone is 1. The molecule has 2 N–H and O–H groups in total. The zero-order valence-electron chi connectivity index (χ0n) is 16.0. The van der Waals surface area contributed by atoms with Crippen molar-refractivity contribution < 1.29 is 27.1 Å². The van der Waals surface area contributed by atoms with Gasteiger partial charge in [-0.2, -0.15) is 0 Å². The summed E-state index contributed by atoms with van der Waals surface area (Å²) < 4.78 is 50.9. The second kappa shape index (κ2) is 8.18. The standard InChI is InChI=1S/C22H13ClF2N2O4S/c23-32(30,31)16-5-3-4-12(10-16)20(28)19(21(29)13-8-14(24)11-15(25)9-13)22-26-17-6-1-2-7-18(17)27-22/h1-11,29H,(H,26,27). The number of Topliss-reactive ketones (excluding diaryl/α,β-unsaturated/α-hetero) is 1. The Morgan fingerprint density at radius 2 is 1.62 bits per heavy atom. The number of H-pyrrole nitrogens is 1. The highest BCUT2D eigenvalue weighted by molar-refractivity contribution is 8.13. The molecule has 4 aromatic rings. The molecule has 162 valence electrons. The summed E-state index contributed by atoms with van der Waals surface area (Å²) in [5, 5.41) is 10.9. The lowest BCUT2D eigenvalue weighted by molar-refractivity contribution is 0.105. The quantitative estimate of drug-likeness (QED) is 0.182. The fourth-order valence-corrected chi connectivity index (χ4v) is 3.96. The predicted octanol–water partition coefficient (Wildman–Crippen LogP) is 5.08. The Morgan fingerprint density at radius 3 is 2.28 bits per heavy atom. The summed E-state index contributed by atoms with van der Waals surface area (Å²) in [5.74, 6) is -3.58. The fourth-order valence-electron chi connectivity index (χ4n) is 3.17. The van der Waals surface area contributed by atoms with E-state index in [1.54, 1.807) is 24.3 Å². The van der Waals surface area contributed by atoms with Crippen molar-refractivity contribution in [3.05, 3.63) is 95.3 Å². The van der Waals surface area contributed by atoms with Crippen LogP contribution >= 0.6 is 10.7 Å². The van der Waals surface area contributed by atoms with Crippen LogP contribution < -0.4 is 0 Å². The van der Waals surface area contributed by atoms with Crippen LogP contribution in [0.1, 0.15) is 21.7 Å². The number of carbonyl (C=O) groups excluding carboxylic acids is 1. The van der Waals surface area contributed by atoms with Crippen LogP contribution in [0.15, 0.2) is 71.6 Å². The number of benzene rings is 3. The molecule has 0 unspecified atom stereocenters. The Kier molecular flexibility index (Phi) is 5.53. The number of para-hydroxylation sites is 2. The smallest absolute Gasteiger partial charge is 0.261 e. The van der Waals surface area contributed by atoms with Crippen LogP contribution in [0, 0.1) is 11.6 Å². The monoisotopic (exact) mass is 474 g/mol. The Morgan fingerprint density at radius 1 is 0.938 bits per heavy atom. The Balaban J connectivity index is 1.96. The molecule has 0 aliphatic carbocycles. The molecule has 6 nitrogen and oxygen atoms in total. The molecule has 0 saturated heterocycles. The molecule has 0 fully saturated rings. The molecule has 0 bridgehead atoms. The van der Waals surface area contributed by atoms with Crippen molar-refractivity contribution in [2.75, 3.05) is 0 Å². The predicted molar refractivity (Wildman–Crippen MR) is 116 cm³/mol. The molecule has 0 aliphatic heterocycles. The number of hydrogen-bond acceptors (Lipinski definition) is 5. The normalized spacial score (nSPS) is 12.6. The molecule has 1 aromatic heterocycles. The number of aromatic nitrogens is 2. The topological polar surface area (TPSA) is 100 Å². The van der Waals surface area contributed by atoms with E-state index in [0.29, 0.717) is 17.1 Å². The second-order valence-corrected chi connectivity index (χ2v) is 9.35. The van der Waals surface area contributed by atoms with Gasteiger partial charge < -0.3 is 10.1 Å². The highest BCUT2D eigenvalue weighted by Crippen LogP contribution is 2.29. The lowest BCUT2D eigenvalue weighted by atomic mass is 9.98. The number of fused-ring (bicyclic) bond motifs is 1. The number of aliphatic hydroxyl groups is 1. The molecule has 1 heterocycles. The highest BCUT2D eigenvalue weighted by Gasteiger charge is 2.25. The van der Waals surface area contributed by atoms with Crippen LogP contribution in [0.2, 0.25) is 0 Å². The molecule has 0 atom stereocenters. The number of aliphatic hydroxyl groups excluding tert-OH is 1. The average molecular weight is 475 g/mol. The van der Waals surface area contributed by atoms with Gasteiger partial charge in [-0.25, -0.2) is 22.2 Å². The summed E-state index contributed by atoms with van der Waals surface area (Å²) in [5.41, 5.74) is 0.180. The molecule has 0 saturated carbocycles. The van der Waals surface area contributed by atoms with Gasteiger partial charge in [-0.05, 0) is 36.4 Å². The third kappa shape index (κ3) is 4.25. The molecule has 32 heavy (non-hydrogen) atoms. The number of nitrogens with zero attached hydrogens (tertiary/aromatic N) is 1. The van der Waals surface area contributed by atoms with Gasteiger partial charge in [0.2, 0.25) is 5.78 Å². The molecule has 0 amide bonds. The zero-order valence-corrected chi connectivity index (χ0v) is 17.6. The van der Waals surface area contributed by atoms with Gasteiger partial charge in [0.1, 0.15) is 28.8 Å². The molecule has 4 rings (SSSR count). The van der Waals surface area contributed by atoms with Gasteiger partial charge in [0.15, 0.2) is 0 Å². The average Bonchev–Trinajstić information content (AvgIpc) is 3.16. The number of carbonyl (C=O) groups is 1. The van der Waals surface area contributed by atoms with Crippen LogP contribution in [0.25, 0.3) is 22.4 Å². The van der Waals surface area contributed by atoms with Gasteiger partial charge in [0, 0.05) is 27.9 Å². The molecular weight excluding hydrogens is 462 g/mol. The van der Waals surface area contributed by atoms with Crippen LogP contribution in [0.5, 0.6) is 0 Å². The number of halogens is 3. The number of ketones is 1. The number of nitrogens with one attached hydrogen (secondary N) is 1. The van der Waals surface area contributed by atoms with E-state index in [-0.39, 0.29) is 21.8 Å². The van der Waals surface area contributed by atoms with Crippen molar-refractivity contribution >= 4 is 47.9 Å². The lowest BCUT2D eigenvalue weighted by Gasteiger charge is -2.10.